The monoisotopic (exact) mass is 212 g/mol. The highest BCUT2D eigenvalue weighted by Gasteiger charge is 2.10. The lowest BCUT2D eigenvalue weighted by atomic mass is 10.3. The summed E-state index contributed by atoms with van der Waals surface area (Å²) in [4.78, 5) is 11.4. The van der Waals surface area contributed by atoms with Crippen molar-refractivity contribution < 1.29 is 13.9 Å². The fraction of sp³-hybridized carbons (Fsp3) is 0.300. The Balaban J connectivity index is 2.63. The summed E-state index contributed by atoms with van der Waals surface area (Å²) in [6, 6.07) is 5.39. The summed E-state index contributed by atoms with van der Waals surface area (Å²) in [5.41, 5.74) is 0.456. The van der Waals surface area contributed by atoms with E-state index in [4.69, 9.17) is 10.6 Å². The molecule has 0 aliphatic rings. The molecule has 15 heavy (non-hydrogen) atoms. The highest BCUT2D eigenvalue weighted by molar-refractivity contribution is 5.92. The summed E-state index contributed by atoms with van der Waals surface area (Å²) < 4.78 is 17.3. The third kappa shape index (κ3) is 3.30. The molecule has 0 aliphatic carbocycles. The molecule has 0 fully saturated rings. The second kappa shape index (κ2) is 5.43. The first-order chi connectivity index (χ1) is 7.15. The number of methoxy groups -OCH3 is 1. The van der Waals surface area contributed by atoms with Gasteiger partial charge in [0.1, 0.15) is 5.82 Å². The fourth-order valence-electron chi connectivity index (χ4n) is 1.06. The smallest absolute Gasteiger partial charge is 0.243 e. The zero-order chi connectivity index (χ0) is 11.3. The average molecular weight is 212 g/mol. The van der Waals surface area contributed by atoms with Crippen molar-refractivity contribution in [2.45, 2.75) is 6.42 Å². The minimum Gasteiger partial charge on any atom is -0.384 e. The van der Waals surface area contributed by atoms with Gasteiger partial charge < -0.3 is 4.74 Å². The van der Waals surface area contributed by atoms with Gasteiger partial charge in [0.25, 0.3) is 0 Å². The largest absolute Gasteiger partial charge is 0.384 e. The molecule has 1 aromatic carbocycles. The number of hydrogen-bond donors (Lipinski definition) is 1. The minimum atomic E-state index is -0.364. The zero-order valence-electron chi connectivity index (χ0n) is 8.44. The van der Waals surface area contributed by atoms with Crippen molar-refractivity contribution in [1.82, 2.24) is 0 Å². The molecular weight excluding hydrogens is 199 g/mol. The Bertz CT molecular complexity index is 327. The lowest BCUT2D eigenvalue weighted by Crippen LogP contribution is -2.37. The molecule has 0 aliphatic heterocycles. The Kier molecular flexibility index (Phi) is 4.20. The number of hydrazine groups is 1. The predicted octanol–water partition coefficient (Wildman–Crippen LogP) is 1.07. The van der Waals surface area contributed by atoms with E-state index in [1.54, 1.807) is 0 Å². The number of amides is 1. The van der Waals surface area contributed by atoms with Crippen molar-refractivity contribution >= 4 is 11.6 Å². The van der Waals surface area contributed by atoms with Crippen LogP contribution in [0, 0.1) is 5.82 Å². The first-order valence-electron chi connectivity index (χ1n) is 4.47. The number of nitrogens with two attached hydrogens (primary N) is 1. The number of halogens is 1. The molecule has 1 rings (SSSR count). The molecule has 0 atom stereocenters. The Morgan fingerprint density at radius 1 is 1.47 bits per heavy atom. The maximum Gasteiger partial charge on any atom is 0.243 e. The van der Waals surface area contributed by atoms with E-state index < -0.39 is 0 Å². The van der Waals surface area contributed by atoms with Crippen LogP contribution in [0.25, 0.3) is 0 Å². The number of carbonyl (C=O) groups is 1. The van der Waals surface area contributed by atoms with E-state index in [1.807, 2.05) is 0 Å². The van der Waals surface area contributed by atoms with Crippen LogP contribution >= 0.6 is 0 Å². The third-order valence-electron chi connectivity index (χ3n) is 1.89. The number of rotatable bonds is 4. The third-order valence-corrected chi connectivity index (χ3v) is 1.89. The summed E-state index contributed by atoms with van der Waals surface area (Å²) in [5, 5.41) is 0.985. The molecule has 2 N–H and O–H groups in total. The van der Waals surface area contributed by atoms with Gasteiger partial charge in [-0.1, -0.05) is 0 Å². The summed E-state index contributed by atoms with van der Waals surface area (Å²) >= 11 is 0. The highest BCUT2D eigenvalue weighted by Crippen LogP contribution is 2.12. The fourth-order valence-corrected chi connectivity index (χ4v) is 1.06. The van der Waals surface area contributed by atoms with Gasteiger partial charge in [0, 0.05) is 7.11 Å². The first kappa shape index (κ1) is 11.6. The number of hydrogen-bond acceptors (Lipinski definition) is 3. The van der Waals surface area contributed by atoms with Gasteiger partial charge in [-0.15, -0.1) is 0 Å². The van der Waals surface area contributed by atoms with Crippen LogP contribution in [0.3, 0.4) is 0 Å². The minimum absolute atomic E-state index is 0.199. The molecule has 0 radical (unpaired) electrons. The number of nitrogens with zero attached hydrogens (tertiary/aromatic N) is 1. The highest BCUT2D eigenvalue weighted by atomic mass is 19.1. The molecule has 0 spiro atoms. The normalized spacial score (nSPS) is 10.1. The molecule has 0 saturated heterocycles. The van der Waals surface area contributed by atoms with Gasteiger partial charge in [-0.2, -0.15) is 0 Å². The molecule has 0 bridgehead atoms. The van der Waals surface area contributed by atoms with Crippen molar-refractivity contribution in [3.8, 4) is 0 Å². The molecule has 1 amide bonds. The molecule has 1 aromatic rings. The summed E-state index contributed by atoms with van der Waals surface area (Å²) in [5.74, 6) is 4.90. The average Bonchev–Trinajstić information content (AvgIpc) is 2.26. The van der Waals surface area contributed by atoms with Crippen LogP contribution < -0.4 is 10.9 Å². The number of carbonyl (C=O) groups excluding carboxylic acids is 1. The van der Waals surface area contributed by atoms with E-state index in [-0.39, 0.29) is 18.1 Å². The van der Waals surface area contributed by atoms with E-state index in [0.29, 0.717) is 12.3 Å². The van der Waals surface area contributed by atoms with Crippen molar-refractivity contribution in [2.75, 3.05) is 18.7 Å². The van der Waals surface area contributed by atoms with Gasteiger partial charge in [0.05, 0.1) is 18.7 Å². The number of anilines is 1. The molecule has 0 unspecified atom stereocenters. The van der Waals surface area contributed by atoms with Crippen molar-refractivity contribution in [2.24, 2.45) is 5.84 Å². The summed E-state index contributed by atoms with van der Waals surface area (Å²) in [6.07, 6.45) is 0.199. The first-order valence-corrected chi connectivity index (χ1v) is 4.47. The van der Waals surface area contributed by atoms with E-state index in [1.165, 1.54) is 31.4 Å². The van der Waals surface area contributed by atoms with Crippen LogP contribution in [0.15, 0.2) is 24.3 Å². The van der Waals surface area contributed by atoms with E-state index in [0.717, 1.165) is 5.01 Å². The van der Waals surface area contributed by atoms with E-state index in [9.17, 15) is 9.18 Å². The summed E-state index contributed by atoms with van der Waals surface area (Å²) in [6.45, 7) is 0.313. The Hall–Kier alpha value is -1.46. The maximum absolute atomic E-state index is 12.6. The van der Waals surface area contributed by atoms with E-state index >= 15 is 0 Å². The number of benzene rings is 1. The van der Waals surface area contributed by atoms with Crippen LogP contribution in [-0.4, -0.2) is 19.6 Å². The van der Waals surface area contributed by atoms with E-state index in [2.05, 4.69) is 0 Å². The Labute approximate surface area is 87.4 Å². The van der Waals surface area contributed by atoms with Gasteiger partial charge >= 0.3 is 0 Å². The molecular formula is C10H13FN2O2. The summed E-state index contributed by atoms with van der Waals surface area (Å²) in [7, 11) is 1.51. The van der Waals surface area contributed by atoms with Gasteiger partial charge in [0.15, 0.2) is 0 Å². The number of ether oxygens (including phenoxy) is 1. The second-order valence-corrected chi connectivity index (χ2v) is 2.98. The maximum atomic E-state index is 12.6. The molecule has 4 nitrogen and oxygen atoms in total. The quantitative estimate of drug-likeness (QED) is 0.461. The van der Waals surface area contributed by atoms with Crippen LogP contribution in [0.2, 0.25) is 0 Å². The molecule has 0 heterocycles. The molecule has 5 heteroatoms. The lowest BCUT2D eigenvalue weighted by Gasteiger charge is -2.16. The van der Waals surface area contributed by atoms with Crippen LogP contribution in [0.4, 0.5) is 10.1 Å². The molecule has 0 aromatic heterocycles. The second-order valence-electron chi connectivity index (χ2n) is 2.98. The molecule has 82 valence electrons. The van der Waals surface area contributed by atoms with Crippen molar-refractivity contribution in [3.63, 3.8) is 0 Å². The van der Waals surface area contributed by atoms with Gasteiger partial charge in [0.2, 0.25) is 5.91 Å². The SMILES string of the molecule is COCCC(=O)N(N)c1ccc(F)cc1. The van der Waals surface area contributed by atoms with Crippen molar-refractivity contribution in [3.05, 3.63) is 30.1 Å². The van der Waals surface area contributed by atoms with Crippen molar-refractivity contribution in [1.29, 1.82) is 0 Å². The van der Waals surface area contributed by atoms with Gasteiger partial charge in [-0.25, -0.2) is 15.2 Å². The van der Waals surface area contributed by atoms with Crippen LogP contribution in [0.1, 0.15) is 6.42 Å². The lowest BCUT2D eigenvalue weighted by molar-refractivity contribution is -0.119. The Morgan fingerprint density at radius 2 is 2.07 bits per heavy atom. The van der Waals surface area contributed by atoms with Crippen LogP contribution in [-0.2, 0) is 9.53 Å². The van der Waals surface area contributed by atoms with Gasteiger partial charge in [-0.3, -0.25) is 4.79 Å². The zero-order valence-corrected chi connectivity index (χ0v) is 8.44. The standard InChI is InChI=1S/C10H13FN2O2/c1-15-7-6-10(14)13(12)9-4-2-8(11)3-5-9/h2-5H,6-7,12H2,1H3. The topological polar surface area (TPSA) is 55.6 Å². The predicted molar refractivity (Wildman–Crippen MR) is 54.6 cm³/mol. The van der Waals surface area contributed by atoms with Gasteiger partial charge in [-0.05, 0) is 24.3 Å². The Morgan fingerprint density at radius 3 is 2.60 bits per heavy atom. The van der Waals surface area contributed by atoms with Crippen LogP contribution in [0.5, 0.6) is 0 Å². The molecule has 0 saturated carbocycles.